The summed E-state index contributed by atoms with van der Waals surface area (Å²) >= 11 is 6.06. The van der Waals surface area contributed by atoms with Gasteiger partial charge in [0.2, 0.25) is 0 Å². The minimum atomic E-state index is -0.289. The zero-order valence-electron chi connectivity index (χ0n) is 12.4. The maximum absolute atomic E-state index is 12.8. The van der Waals surface area contributed by atoms with Gasteiger partial charge >= 0.3 is 0 Å². The van der Waals surface area contributed by atoms with E-state index in [4.69, 9.17) is 11.6 Å². The van der Waals surface area contributed by atoms with Crippen LogP contribution in [0.4, 0.5) is 5.69 Å². The molecule has 2 aromatic rings. The van der Waals surface area contributed by atoms with Crippen molar-refractivity contribution in [2.24, 2.45) is 0 Å². The van der Waals surface area contributed by atoms with E-state index in [1.54, 1.807) is 36.6 Å². The molecule has 6 heteroatoms. The zero-order chi connectivity index (χ0) is 16.6. The van der Waals surface area contributed by atoms with Gasteiger partial charge in [-0.1, -0.05) is 35.9 Å². The normalized spacial score (nSPS) is 12.6. The highest BCUT2D eigenvalue weighted by atomic mass is 35.5. The molecular weight excluding hydrogens is 316 g/mol. The molecule has 116 valence electrons. The first-order valence-electron chi connectivity index (χ1n) is 7.12. The van der Waals surface area contributed by atoms with Crippen molar-refractivity contribution in [1.29, 1.82) is 0 Å². The predicted molar refractivity (Wildman–Crippen MR) is 86.1 cm³/mol. The van der Waals surface area contributed by atoms with Crippen LogP contribution in [0.15, 0.2) is 36.4 Å². The van der Waals surface area contributed by atoms with Gasteiger partial charge in [0, 0.05) is 21.7 Å². The Labute approximate surface area is 137 Å². The van der Waals surface area contributed by atoms with E-state index in [0.717, 1.165) is 0 Å². The highest BCUT2D eigenvalue weighted by Gasteiger charge is 2.32. The Balaban J connectivity index is 2.16. The van der Waals surface area contributed by atoms with Crippen molar-refractivity contribution < 1.29 is 19.7 Å². The number of ketones is 2. The molecule has 0 aliphatic heterocycles. The molecule has 1 amide bonds. The third-order valence-corrected chi connectivity index (χ3v) is 3.87. The molecule has 0 heterocycles. The van der Waals surface area contributed by atoms with Gasteiger partial charge in [0.05, 0.1) is 18.3 Å². The summed E-state index contributed by atoms with van der Waals surface area (Å²) in [6, 6.07) is 9.60. The number of nitrogens with one attached hydrogen (secondary N) is 1. The largest absolute Gasteiger partial charge is 0.341 e. The number of anilines is 1. The first-order valence-corrected chi connectivity index (χ1v) is 7.50. The van der Waals surface area contributed by atoms with Gasteiger partial charge in [-0.15, -0.1) is 0 Å². The number of carbonyl (C=O) groups excluding carboxylic acids is 3. The molecule has 3 rings (SSSR count). The van der Waals surface area contributed by atoms with E-state index in [9.17, 15) is 14.4 Å². The van der Waals surface area contributed by atoms with E-state index >= 15 is 0 Å². The van der Waals surface area contributed by atoms with Crippen LogP contribution in [0.3, 0.4) is 0 Å². The summed E-state index contributed by atoms with van der Waals surface area (Å²) in [6.45, 7) is 0.208. The lowest BCUT2D eigenvalue weighted by atomic mass is 9.83. The lowest BCUT2D eigenvalue weighted by Gasteiger charge is -2.20. The van der Waals surface area contributed by atoms with Gasteiger partial charge in [-0.05, 0) is 12.1 Å². The Morgan fingerprint density at radius 2 is 1.74 bits per heavy atom. The Morgan fingerprint density at radius 1 is 1.09 bits per heavy atom. The van der Waals surface area contributed by atoms with Crippen LogP contribution in [-0.2, 0) is 4.79 Å². The second-order valence-electron chi connectivity index (χ2n) is 5.24. The molecule has 0 fully saturated rings. The number of amides is 1. The van der Waals surface area contributed by atoms with Crippen molar-refractivity contribution in [3.63, 3.8) is 0 Å². The fourth-order valence-corrected chi connectivity index (χ4v) is 2.89. The van der Waals surface area contributed by atoms with Crippen LogP contribution in [0.2, 0.25) is 5.02 Å². The highest BCUT2D eigenvalue weighted by Crippen LogP contribution is 2.34. The van der Waals surface area contributed by atoms with Crippen molar-refractivity contribution in [2.75, 3.05) is 18.9 Å². The first-order chi connectivity index (χ1) is 11.0. The number of quaternary nitrogens is 1. The minimum Gasteiger partial charge on any atom is -0.341 e. The summed E-state index contributed by atoms with van der Waals surface area (Å²) in [5, 5.41) is 4.66. The van der Waals surface area contributed by atoms with E-state index in [1.165, 1.54) is 12.1 Å². The zero-order valence-corrected chi connectivity index (χ0v) is 13.1. The van der Waals surface area contributed by atoms with E-state index in [-0.39, 0.29) is 40.8 Å². The molecule has 1 aliphatic carbocycles. The lowest BCUT2D eigenvalue weighted by molar-refractivity contribution is -0.615. The summed E-state index contributed by atoms with van der Waals surface area (Å²) in [5.74, 6) is -0.825. The third-order valence-electron chi connectivity index (χ3n) is 3.65. The number of nitrogens with two attached hydrogens (primary N) is 1. The Morgan fingerprint density at radius 3 is 2.39 bits per heavy atom. The number of benzene rings is 2. The number of hydrogen-bond donors (Lipinski definition) is 2. The fourth-order valence-electron chi connectivity index (χ4n) is 2.67. The first kappa shape index (κ1) is 15.4. The molecule has 1 aliphatic rings. The van der Waals surface area contributed by atoms with Gasteiger partial charge in [-0.2, -0.15) is 0 Å². The summed E-state index contributed by atoms with van der Waals surface area (Å²) in [4.78, 5) is 37.3. The third kappa shape index (κ3) is 2.65. The molecule has 0 atom stereocenters. The van der Waals surface area contributed by atoms with Gasteiger partial charge in [0.1, 0.15) is 0 Å². The standard InChI is InChI=1S/C17H13ClN2O3/c1-19-8-14(21)20-13-7-9(18)6-12-15(13)17(23)11-5-3-2-4-10(11)16(12)22/h2-7,19H,8H2,1H3,(H,20,21)/p+1. The van der Waals surface area contributed by atoms with E-state index in [0.29, 0.717) is 16.1 Å². The molecule has 2 aromatic carbocycles. The number of likely N-dealkylation sites (N-methyl/N-ethyl adjacent to an activating group) is 1. The predicted octanol–water partition coefficient (Wildman–Crippen LogP) is 1.25. The molecule has 0 radical (unpaired) electrons. The van der Waals surface area contributed by atoms with E-state index in [1.807, 2.05) is 0 Å². The fraction of sp³-hybridized carbons (Fsp3) is 0.118. The van der Waals surface area contributed by atoms with Crippen LogP contribution in [0.1, 0.15) is 31.8 Å². The Hall–Kier alpha value is -2.50. The van der Waals surface area contributed by atoms with Gasteiger partial charge < -0.3 is 10.6 Å². The summed E-state index contributed by atoms with van der Waals surface area (Å²) in [5.41, 5.74) is 1.38. The van der Waals surface area contributed by atoms with Gasteiger partial charge in [-0.25, -0.2) is 0 Å². The lowest BCUT2D eigenvalue weighted by Crippen LogP contribution is -2.82. The Bertz CT molecular complexity index is 846. The second-order valence-corrected chi connectivity index (χ2v) is 5.68. The summed E-state index contributed by atoms with van der Waals surface area (Å²) in [6.07, 6.45) is 0. The number of fused-ring (bicyclic) bond motifs is 2. The topological polar surface area (TPSA) is 79.8 Å². The molecule has 0 spiro atoms. The average molecular weight is 330 g/mol. The maximum atomic E-state index is 12.8. The molecule has 0 aromatic heterocycles. The average Bonchev–Trinajstić information content (AvgIpc) is 2.52. The molecule has 5 nitrogen and oxygen atoms in total. The van der Waals surface area contributed by atoms with Gasteiger partial charge in [0.25, 0.3) is 5.91 Å². The summed E-state index contributed by atoms with van der Waals surface area (Å²) < 4.78 is 0. The number of rotatable bonds is 3. The number of halogens is 1. The Kier molecular flexibility index (Phi) is 3.98. The van der Waals surface area contributed by atoms with Crippen LogP contribution in [0.5, 0.6) is 0 Å². The van der Waals surface area contributed by atoms with Crippen molar-refractivity contribution in [2.45, 2.75) is 0 Å². The molecule has 0 saturated carbocycles. The molecular formula is C17H14ClN2O3+. The molecule has 0 unspecified atom stereocenters. The van der Waals surface area contributed by atoms with E-state index < -0.39 is 0 Å². The van der Waals surface area contributed by atoms with Crippen molar-refractivity contribution in [3.05, 3.63) is 63.7 Å². The maximum Gasteiger partial charge on any atom is 0.279 e. The van der Waals surface area contributed by atoms with Crippen LogP contribution in [-0.4, -0.2) is 31.1 Å². The molecule has 0 bridgehead atoms. The quantitative estimate of drug-likeness (QED) is 0.759. The highest BCUT2D eigenvalue weighted by molar-refractivity contribution is 6.35. The number of hydrogen-bond acceptors (Lipinski definition) is 3. The molecule has 3 N–H and O–H groups in total. The van der Waals surface area contributed by atoms with Gasteiger partial charge in [-0.3, -0.25) is 14.4 Å². The monoisotopic (exact) mass is 329 g/mol. The van der Waals surface area contributed by atoms with Crippen LogP contribution < -0.4 is 10.6 Å². The van der Waals surface area contributed by atoms with Crippen molar-refractivity contribution >= 4 is 34.8 Å². The smallest absolute Gasteiger partial charge is 0.279 e. The molecule has 0 saturated heterocycles. The van der Waals surface area contributed by atoms with E-state index in [2.05, 4.69) is 5.32 Å². The van der Waals surface area contributed by atoms with Crippen LogP contribution in [0, 0.1) is 0 Å². The van der Waals surface area contributed by atoms with Crippen molar-refractivity contribution in [1.82, 2.24) is 0 Å². The van der Waals surface area contributed by atoms with Crippen LogP contribution in [0.25, 0.3) is 0 Å². The SMILES string of the molecule is C[NH2+]CC(=O)Nc1cc(Cl)cc2c1C(=O)c1ccccc1C2=O. The second kappa shape index (κ2) is 5.95. The number of carbonyl (C=O) groups is 3. The van der Waals surface area contributed by atoms with Crippen LogP contribution >= 0.6 is 11.6 Å². The summed E-state index contributed by atoms with van der Waals surface area (Å²) in [7, 11) is 1.76. The van der Waals surface area contributed by atoms with Gasteiger partial charge in [0.15, 0.2) is 18.1 Å². The minimum absolute atomic E-state index is 0.197. The van der Waals surface area contributed by atoms with Crippen molar-refractivity contribution in [3.8, 4) is 0 Å². The molecule has 23 heavy (non-hydrogen) atoms.